The topological polar surface area (TPSA) is 97.9 Å². The fourth-order valence-corrected chi connectivity index (χ4v) is 2.12. The summed E-state index contributed by atoms with van der Waals surface area (Å²) in [7, 11) is 0. The molecule has 0 saturated heterocycles. The standard InChI is InChI=1S/C11H15N3O3/c15-10(14-7-4-2-1-3-5-7)8-9(11(16)17)13-6-12-8/h6-7H,1-5H2,(H,12,13)(H,14,15)(H,16,17)/p-1. The Morgan fingerprint density at radius 2 is 2.06 bits per heavy atom. The number of carboxylic acid groups (broad SMARTS) is 1. The van der Waals surface area contributed by atoms with Crippen molar-refractivity contribution in [3.63, 3.8) is 0 Å². The van der Waals surface area contributed by atoms with Crippen LogP contribution in [0.5, 0.6) is 0 Å². The van der Waals surface area contributed by atoms with Crippen LogP contribution in [0.3, 0.4) is 0 Å². The SMILES string of the molecule is O=C(NC1CCCCC1)c1nc[nH]c1C(=O)[O-]. The number of aromatic nitrogens is 2. The predicted molar refractivity (Wildman–Crippen MR) is 57.3 cm³/mol. The van der Waals surface area contributed by atoms with Crippen molar-refractivity contribution < 1.29 is 14.7 Å². The van der Waals surface area contributed by atoms with Crippen molar-refractivity contribution in [1.29, 1.82) is 0 Å². The van der Waals surface area contributed by atoms with Gasteiger partial charge in [-0.25, -0.2) is 4.98 Å². The van der Waals surface area contributed by atoms with Gasteiger partial charge >= 0.3 is 0 Å². The van der Waals surface area contributed by atoms with E-state index in [1.165, 1.54) is 12.7 Å². The highest BCUT2D eigenvalue weighted by atomic mass is 16.4. The van der Waals surface area contributed by atoms with Gasteiger partial charge in [0.1, 0.15) is 0 Å². The Bertz CT molecular complexity index is 421. The number of carbonyl (C=O) groups excluding carboxylic acids is 2. The van der Waals surface area contributed by atoms with E-state index in [-0.39, 0.29) is 17.4 Å². The second kappa shape index (κ2) is 4.99. The Morgan fingerprint density at radius 3 is 2.71 bits per heavy atom. The molecule has 1 saturated carbocycles. The minimum Gasteiger partial charge on any atom is -0.543 e. The third-order valence-electron chi connectivity index (χ3n) is 3.00. The monoisotopic (exact) mass is 236 g/mol. The fourth-order valence-electron chi connectivity index (χ4n) is 2.12. The number of aromatic amines is 1. The Morgan fingerprint density at radius 1 is 1.35 bits per heavy atom. The molecular weight excluding hydrogens is 222 g/mol. The van der Waals surface area contributed by atoms with Crippen LogP contribution < -0.4 is 10.4 Å². The summed E-state index contributed by atoms with van der Waals surface area (Å²) >= 11 is 0. The minimum atomic E-state index is -1.42. The molecule has 1 amide bonds. The van der Waals surface area contributed by atoms with Crippen LogP contribution in [-0.4, -0.2) is 27.9 Å². The largest absolute Gasteiger partial charge is 0.543 e. The quantitative estimate of drug-likeness (QED) is 0.761. The molecule has 0 unspecified atom stereocenters. The van der Waals surface area contributed by atoms with Gasteiger partial charge in [0, 0.05) is 6.04 Å². The average molecular weight is 236 g/mol. The molecule has 1 fully saturated rings. The zero-order valence-electron chi connectivity index (χ0n) is 9.36. The number of aromatic carboxylic acids is 1. The molecule has 17 heavy (non-hydrogen) atoms. The Balaban J connectivity index is 2.03. The third kappa shape index (κ3) is 2.64. The first-order valence-electron chi connectivity index (χ1n) is 5.74. The number of nitrogens with one attached hydrogen (secondary N) is 2. The van der Waals surface area contributed by atoms with Crippen LogP contribution in [0.1, 0.15) is 53.1 Å². The summed E-state index contributed by atoms with van der Waals surface area (Å²) < 4.78 is 0. The number of carbonyl (C=O) groups is 2. The summed E-state index contributed by atoms with van der Waals surface area (Å²) in [5.74, 6) is -1.87. The van der Waals surface area contributed by atoms with E-state index in [1.54, 1.807) is 0 Å². The maximum absolute atomic E-state index is 11.8. The van der Waals surface area contributed by atoms with E-state index in [9.17, 15) is 14.7 Å². The van der Waals surface area contributed by atoms with Crippen molar-refractivity contribution in [2.45, 2.75) is 38.1 Å². The smallest absolute Gasteiger partial charge is 0.272 e. The highest BCUT2D eigenvalue weighted by molar-refractivity contribution is 6.01. The van der Waals surface area contributed by atoms with Gasteiger partial charge in [-0.05, 0) is 12.8 Å². The van der Waals surface area contributed by atoms with Gasteiger partial charge in [0.15, 0.2) is 5.69 Å². The second-order valence-corrected chi connectivity index (χ2v) is 4.22. The van der Waals surface area contributed by atoms with Crippen molar-refractivity contribution >= 4 is 11.9 Å². The molecular formula is C11H14N3O3-. The third-order valence-corrected chi connectivity index (χ3v) is 3.00. The molecule has 1 aliphatic rings. The molecule has 0 bridgehead atoms. The number of hydrogen-bond acceptors (Lipinski definition) is 4. The molecule has 1 heterocycles. The van der Waals surface area contributed by atoms with Crippen LogP contribution in [0, 0.1) is 0 Å². The van der Waals surface area contributed by atoms with E-state index in [0.717, 1.165) is 25.7 Å². The molecule has 0 aromatic carbocycles. The average Bonchev–Trinajstić information content (AvgIpc) is 2.79. The molecule has 2 rings (SSSR count). The van der Waals surface area contributed by atoms with Crippen LogP contribution in [-0.2, 0) is 0 Å². The van der Waals surface area contributed by atoms with Crippen LogP contribution in [0.4, 0.5) is 0 Å². The summed E-state index contributed by atoms with van der Waals surface area (Å²) in [5.41, 5.74) is -0.367. The van der Waals surface area contributed by atoms with E-state index in [2.05, 4.69) is 15.3 Å². The van der Waals surface area contributed by atoms with Gasteiger partial charge < -0.3 is 20.2 Å². The minimum absolute atomic E-state index is 0.101. The van der Waals surface area contributed by atoms with Crippen LogP contribution in [0.15, 0.2) is 6.33 Å². The lowest BCUT2D eigenvalue weighted by Gasteiger charge is -2.22. The lowest BCUT2D eigenvalue weighted by atomic mass is 9.95. The number of rotatable bonds is 3. The zero-order valence-corrected chi connectivity index (χ0v) is 9.36. The fraction of sp³-hybridized carbons (Fsp3) is 0.545. The van der Waals surface area contributed by atoms with Gasteiger partial charge in [0.05, 0.1) is 18.0 Å². The molecule has 0 radical (unpaired) electrons. The zero-order chi connectivity index (χ0) is 12.3. The molecule has 1 aliphatic carbocycles. The summed E-state index contributed by atoms with van der Waals surface area (Å²) in [6, 6.07) is 0.127. The Hall–Kier alpha value is -1.85. The van der Waals surface area contributed by atoms with Crippen molar-refractivity contribution in [3.8, 4) is 0 Å². The first-order valence-corrected chi connectivity index (χ1v) is 5.74. The maximum Gasteiger partial charge on any atom is 0.272 e. The van der Waals surface area contributed by atoms with Gasteiger partial charge in [-0.2, -0.15) is 0 Å². The number of nitrogens with zero attached hydrogens (tertiary/aromatic N) is 1. The number of H-pyrrole nitrogens is 1. The highest BCUT2D eigenvalue weighted by Crippen LogP contribution is 2.17. The van der Waals surface area contributed by atoms with Crippen LogP contribution in [0.2, 0.25) is 0 Å². The summed E-state index contributed by atoms with van der Waals surface area (Å²) in [5, 5.41) is 13.5. The Kier molecular flexibility index (Phi) is 3.41. The van der Waals surface area contributed by atoms with Crippen LogP contribution in [0.25, 0.3) is 0 Å². The van der Waals surface area contributed by atoms with Crippen molar-refractivity contribution in [1.82, 2.24) is 15.3 Å². The maximum atomic E-state index is 11.8. The molecule has 6 nitrogen and oxygen atoms in total. The highest BCUT2D eigenvalue weighted by Gasteiger charge is 2.20. The number of carboxylic acids is 1. The number of hydrogen-bond donors (Lipinski definition) is 2. The van der Waals surface area contributed by atoms with E-state index in [1.807, 2.05) is 0 Å². The van der Waals surface area contributed by atoms with Crippen molar-refractivity contribution in [2.24, 2.45) is 0 Å². The molecule has 92 valence electrons. The summed E-state index contributed by atoms with van der Waals surface area (Å²) in [4.78, 5) is 28.6. The summed E-state index contributed by atoms with van der Waals surface area (Å²) in [6.07, 6.45) is 6.45. The van der Waals surface area contributed by atoms with Crippen molar-refractivity contribution in [3.05, 3.63) is 17.7 Å². The summed E-state index contributed by atoms with van der Waals surface area (Å²) in [6.45, 7) is 0. The van der Waals surface area contributed by atoms with Crippen molar-refractivity contribution in [2.75, 3.05) is 0 Å². The van der Waals surface area contributed by atoms with Gasteiger partial charge in [0.2, 0.25) is 0 Å². The molecule has 2 N–H and O–H groups in total. The molecule has 0 spiro atoms. The van der Waals surface area contributed by atoms with Gasteiger partial charge in [-0.15, -0.1) is 0 Å². The predicted octanol–water partition coefficient (Wildman–Crippen LogP) is -0.164. The van der Waals surface area contributed by atoms with E-state index in [0.29, 0.717) is 0 Å². The number of amides is 1. The molecule has 6 heteroatoms. The van der Waals surface area contributed by atoms with E-state index >= 15 is 0 Å². The molecule has 1 aromatic heterocycles. The normalized spacial score (nSPS) is 16.7. The lowest BCUT2D eigenvalue weighted by Crippen LogP contribution is -2.37. The van der Waals surface area contributed by atoms with Crippen LogP contribution >= 0.6 is 0 Å². The molecule has 1 aromatic rings. The first kappa shape index (κ1) is 11.6. The second-order valence-electron chi connectivity index (χ2n) is 4.22. The van der Waals surface area contributed by atoms with Gasteiger partial charge in [0.25, 0.3) is 5.91 Å². The van der Waals surface area contributed by atoms with Gasteiger partial charge in [-0.1, -0.05) is 19.3 Å². The molecule has 0 aliphatic heterocycles. The van der Waals surface area contributed by atoms with E-state index in [4.69, 9.17) is 0 Å². The number of imidazole rings is 1. The lowest BCUT2D eigenvalue weighted by molar-refractivity contribution is -0.255. The molecule has 0 atom stereocenters. The Labute approximate surface area is 98.4 Å². The van der Waals surface area contributed by atoms with Gasteiger partial charge in [-0.3, -0.25) is 4.79 Å². The van der Waals surface area contributed by atoms with E-state index < -0.39 is 11.9 Å². The first-order chi connectivity index (χ1) is 8.18.